The van der Waals surface area contributed by atoms with E-state index in [2.05, 4.69) is 12.2 Å². The molecule has 3 unspecified atom stereocenters. The van der Waals surface area contributed by atoms with Gasteiger partial charge in [-0.3, -0.25) is 14.5 Å². The van der Waals surface area contributed by atoms with Gasteiger partial charge in [0.25, 0.3) is 0 Å². The fourth-order valence-corrected chi connectivity index (χ4v) is 2.55. The molecule has 0 aromatic rings. The van der Waals surface area contributed by atoms with Crippen molar-refractivity contribution in [1.82, 2.24) is 10.2 Å². The van der Waals surface area contributed by atoms with Crippen molar-refractivity contribution in [3.63, 3.8) is 0 Å². The molecule has 18 heavy (non-hydrogen) atoms. The summed E-state index contributed by atoms with van der Waals surface area (Å²) in [4.78, 5) is 24.7. The predicted octanol–water partition coefficient (Wildman–Crippen LogP) is 0.944. The third-order valence-electron chi connectivity index (χ3n) is 3.50. The Morgan fingerprint density at radius 3 is 2.61 bits per heavy atom. The molecule has 5 nitrogen and oxygen atoms in total. The lowest BCUT2D eigenvalue weighted by Gasteiger charge is -2.17. The van der Waals surface area contributed by atoms with Gasteiger partial charge in [-0.25, -0.2) is 0 Å². The first-order chi connectivity index (χ1) is 8.43. The summed E-state index contributed by atoms with van der Waals surface area (Å²) in [6.45, 7) is 7.48. The van der Waals surface area contributed by atoms with Crippen molar-refractivity contribution in [2.75, 3.05) is 19.6 Å². The van der Waals surface area contributed by atoms with Gasteiger partial charge in [0.2, 0.25) is 5.91 Å². The zero-order valence-corrected chi connectivity index (χ0v) is 11.5. The summed E-state index contributed by atoms with van der Waals surface area (Å²) in [5, 5.41) is 12.0. The van der Waals surface area contributed by atoms with E-state index >= 15 is 0 Å². The number of hydrogen-bond acceptors (Lipinski definition) is 3. The molecule has 104 valence electrons. The minimum Gasteiger partial charge on any atom is -0.481 e. The normalized spacial score (nSPS) is 25.9. The largest absolute Gasteiger partial charge is 0.481 e. The van der Waals surface area contributed by atoms with Crippen molar-refractivity contribution in [3.05, 3.63) is 0 Å². The van der Waals surface area contributed by atoms with E-state index in [4.69, 9.17) is 5.11 Å². The topological polar surface area (TPSA) is 69.6 Å². The van der Waals surface area contributed by atoms with E-state index in [0.717, 1.165) is 12.8 Å². The molecule has 1 amide bonds. The van der Waals surface area contributed by atoms with Crippen molar-refractivity contribution < 1.29 is 14.7 Å². The second-order valence-electron chi connectivity index (χ2n) is 5.37. The Balaban J connectivity index is 2.36. The van der Waals surface area contributed by atoms with Crippen LogP contribution in [-0.2, 0) is 9.59 Å². The Morgan fingerprint density at radius 1 is 1.44 bits per heavy atom. The van der Waals surface area contributed by atoms with Crippen molar-refractivity contribution in [3.8, 4) is 0 Å². The van der Waals surface area contributed by atoms with Crippen LogP contribution in [0.4, 0.5) is 0 Å². The number of amides is 1. The molecule has 1 fully saturated rings. The Kier molecular flexibility index (Phi) is 5.59. The van der Waals surface area contributed by atoms with Gasteiger partial charge in [0.1, 0.15) is 0 Å². The molecule has 0 aromatic heterocycles. The number of likely N-dealkylation sites (tertiary alicyclic amines) is 1. The molecular weight excluding hydrogens is 232 g/mol. The quantitative estimate of drug-likeness (QED) is 0.742. The molecular formula is C13H24N2O3. The number of nitrogens with zero attached hydrogens (tertiary/aromatic N) is 1. The van der Waals surface area contributed by atoms with Crippen LogP contribution >= 0.6 is 0 Å². The predicted molar refractivity (Wildman–Crippen MR) is 69.2 cm³/mol. The highest BCUT2D eigenvalue weighted by molar-refractivity contribution is 5.78. The van der Waals surface area contributed by atoms with Crippen LogP contribution in [0.15, 0.2) is 0 Å². The number of carboxylic acids is 1. The van der Waals surface area contributed by atoms with E-state index in [-0.39, 0.29) is 23.8 Å². The van der Waals surface area contributed by atoms with Gasteiger partial charge in [-0.1, -0.05) is 20.3 Å². The third kappa shape index (κ3) is 4.29. The van der Waals surface area contributed by atoms with Gasteiger partial charge in [-0.15, -0.1) is 0 Å². The highest BCUT2D eigenvalue weighted by Crippen LogP contribution is 2.22. The molecule has 3 atom stereocenters. The van der Waals surface area contributed by atoms with Crippen molar-refractivity contribution in [2.45, 2.75) is 39.7 Å². The monoisotopic (exact) mass is 256 g/mol. The number of aliphatic carboxylic acids is 1. The van der Waals surface area contributed by atoms with Crippen LogP contribution < -0.4 is 5.32 Å². The molecule has 0 aromatic carbocycles. The summed E-state index contributed by atoms with van der Waals surface area (Å²) >= 11 is 0. The average Bonchev–Trinajstić information content (AvgIpc) is 2.59. The van der Waals surface area contributed by atoms with E-state index in [1.54, 1.807) is 0 Å². The molecule has 0 saturated carbocycles. The molecule has 0 bridgehead atoms. The van der Waals surface area contributed by atoms with Crippen LogP contribution in [0.1, 0.15) is 33.6 Å². The minimum atomic E-state index is -0.759. The standard InChI is InChI=1S/C13H24N2O3/c1-4-5-10(3)14-12(16)8-15-6-9(2)11(7-15)13(17)18/h9-11H,4-8H2,1-3H3,(H,14,16)(H,17,18). The van der Waals surface area contributed by atoms with Crippen LogP contribution in [0.5, 0.6) is 0 Å². The van der Waals surface area contributed by atoms with Gasteiger partial charge < -0.3 is 10.4 Å². The molecule has 0 aliphatic carbocycles. The van der Waals surface area contributed by atoms with E-state index < -0.39 is 5.97 Å². The second kappa shape index (κ2) is 6.73. The fourth-order valence-electron chi connectivity index (χ4n) is 2.55. The van der Waals surface area contributed by atoms with Gasteiger partial charge in [0.05, 0.1) is 12.5 Å². The summed E-state index contributed by atoms with van der Waals surface area (Å²) in [6, 6.07) is 0.192. The van der Waals surface area contributed by atoms with E-state index in [9.17, 15) is 9.59 Å². The summed E-state index contributed by atoms with van der Waals surface area (Å²) in [5.74, 6) is -0.992. The molecule has 1 rings (SSSR count). The SMILES string of the molecule is CCCC(C)NC(=O)CN1CC(C)C(C(=O)O)C1. The van der Waals surface area contributed by atoms with Crippen LogP contribution in [0.25, 0.3) is 0 Å². The lowest BCUT2D eigenvalue weighted by atomic mass is 9.99. The number of rotatable bonds is 6. The second-order valence-corrected chi connectivity index (χ2v) is 5.37. The van der Waals surface area contributed by atoms with Crippen LogP contribution in [0, 0.1) is 11.8 Å². The lowest BCUT2D eigenvalue weighted by molar-refractivity contribution is -0.142. The Labute approximate surface area is 109 Å². The highest BCUT2D eigenvalue weighted by atomic mass is 16.4. The Bertz CT molecular complexity index is 307. The smallest absolute Gasteiger partial charge is 0.308 e. The summed E-state index contributed by atoms with van der Waals surface area (Å²) in [5.41, 5.74) is 0. The van der Waals surface area contributed by atoms with E-state index in [1.807, 2.05) is 18.7 Å². The van der Waals surface area contributed by atoms with Crippen molar-refractivity contribution >= 4 is 11.9 Å². The highest BCUT2D eigenvalue weighted by Gasteiger charge is 2.35. The van der Waals surface area contributed by atoms with E-state index in [0.29, 0.717) is 19.6 Å². The summed E-state index contributed by atoms with van der Waals surface area (Å²) < 4.78 is 0. The molecule has 1 saturated heterocycles. The van der Waals surface area contributed by atoms with Crippen LogP contribution in [-0.4, -0.2) is 47.6 Å². The third-order valence-corrected chi connectivity index (χ3v) is 3.50. The minimum absolute atomic E-state index is 0.00538. The molecule has 0 radical (unpaired) electrons. The van der Waals surface area contributed by atoms with Gasteiger partial charge in [-0.05, 0) is 19.3 Å². The molecule has 5 heteroatoms. The zero-order valence-electron chi connectivity index (χ0n) is 11.5. The maximum atomic E-state index is 11.8. The summed E-state index contributed by atoms with van der Waals surface area (Å²) in [6.07, 6.45) is 2.02. The number of nitrogens with one attached hydrogen (secondary N) is 1. The van der Waals surface area contributed by atoms with Gasteiger partial charge in [0, 0.05) is 19.1 Å². The van der Waals surface area contributed by atoms with E-state index in [1.165, 1.54) is 0 Å². The molecule has 1 aliphatic heterocycles. The maximum Gasteiger partial charge on any atom is 0.308 e. The zero-order chi connectivity index (χ0) is 13.7. The van der Waals surface area contributed by atoms with Crippen LogP contribution in [0.2, 0.25) is 0 Å². The van der Waals surface area contributed by atoms with Crippen LogP contribution in [0.3, 0.4) is 0 Å². The van der Waals surface area contributed by atoms with Crippen molar-refractivity contribution in [2.24, 2.45) is 11.8 Å². The fraction of sp³-hybridized carbons (Fsp3) is 0.846. The first kappa shape index (κ1) is 15.0. The van der Waals surface area contributed by atoms with Gasteiger partial charge >= 0.3 is 5.97 Å². The molecule has 0 spiro atoms. The molecule has 1 aliphatic rings. The number of carbonyl (C=O) groups excluding carboxylic acids is 1. The number of hydrogen-bond donors (Lipinski definition) is 2. The molecule has 1 heterocycles. The first-order valence-corrected chi connectivity index (χ1v) is 6.68. The molecule has 2 N–H and O–H groups in total. The van der Waals surface area contributed by atoms with Gasteiger partial charge in [0.15, 0.2) is 0 Å². The van der Waals surface area contributed by atoms with Gasteiger partial charge in [-0.2, -0.15) is 0 Å². The maximum absolute atomic E-state index is 11.8. The lowest BCUT2D eigenvalue weighted by Crippen LogP contribution is -2.40. The number of carbonyl (C=O) groups is 2. The average molecular weight is 256 g/mol. The Morgan fingerprint density at radius 2 is 2.11 bits per heavy atom. The Hall–Kier alpha value is -1.10. The summed E-state index contributed by atoms with van der Waals surface area (Å²) in [7, 11) is 0. The number of carboxylic acid groups (broad SMARTS) is 1. The van der Waals surface area contributed by atoms with Crippen molar-refractivity contribution in [1.29, 1.82) is 0 Å². The first-order valence-electron chi connectivity index (χ1n) is 6.68.